The van der Waals surface area contributed by atoms with Gasteiger partial charge in [0.1, 0.15) is 5.75 Å². The van der Waals surface area contributed by atoms with Crippen LogP contribution in [0.5, 0.6) is 5.75 Å². The first-order valence-electron chi connectivity index (χ1n) is 8.48. The Balaban J connectivity index is 1.53. The Morgan fingerprint density at radius 3 is 2.63 bits per heavy atom. The van der Waals surface area contributed by atoms with Crippen LogP contribution >= 0.6 is 0 Å². The zero-order chi connectivity index (χ0) is 19.1. The third-order valence-corrected chi connectivity index (χ3v) is 3.95. The average Bonchev–Trinajstić information content (AvgIpc) is 2.69. The Bertz CT molecular complexity index is 947. The maximum Gasteiger partial charge on any atom is 0.319 e. The quantitative estimate of drug-likeness (QED) is 0.627. The first kappa shape index (κ1) is 18.2. The van der Waals surface area contributed by atoms with Gasteiger partial charge in [-0.25, -0.2) is 9.89 Å². The highest BCUT2D eigenvalue weighted by Crippen LogP contribution is 2.19. The van der Waals surface area contributed by atoms with E-state index in [-0.39, 0.29) is 11.6 Å². The number of hydrogen-bond acceptors (Lipinski definition) is 4. The number of nitrogens with one attached hydrogen (secondary N) is 3. The third-order valence-electron chi connectivity index (χ3n) is 3.95. The number of aromatic amines is 1. The molecule has 0 spiro atoms. The number of anilines is 1. The molecular weight excluding hydrogens is 344 g/mol. The van der Waals surface area contributed by atoms with Crippen molar-refractivity contribution in [1.82, 2.24) is 15.5 Å². The Kier molecular flexibility index (Phi) is 5.84. The van der Waals surface area contributed by atoms with Crippen molar-refractivity contribution in [2.24, 2.45) is 0 Å². The molecule has 0 saturated heterocycles. The highest BCUT2D eigenvalue weighted by atomic mass is 16.5. The van der Waals surface area contributed by atoms with Crippen LogP contribution < -0.4 is 20.9 Å². The van der Waals surface area contributed by atoms with E-state index >= 15 is 0 Å². The summed E-state index contributed by atoms with van der Waals surface area (Å²) in [5.74, 6) is 0.807. The van der Waals surface area contributed by atoms with E-state index in [1.807, 2.05) is 36.4 Å². The number of hydrogen-bond donors (Lipinski definition) is 3. The molecule has 0 fully saturated rings. The fourth-order valence-corrected chi connectivity index (χ4v) is 2.55. The van der Waals surface area contributed by atoms with Gasteiger partial charge in [-0.15, -0.1) is 0 Å². The summed E-state index contributed by atoms with van der Waals surface area (Å²) in [5.41, 5.74) is 2.91. The normalized spacial score (nSPS) is 10.3. The molecule has 0 bridgehead atoms. The van der Waals surface area contributed by atoms with Gasteiger partial charge in [-0.3, -0.25) is 4.79 Å². The van der Waals surface area contributed by atoms with Crippen molar-refractivity contribution in [3.05, 3.63) is 76.6 Å². The third kappa shape index (κ3) is 5.18. The van der Waals surface area contributed by atoms with E-state index in [1.54, 1.807) is 25.3 Å². The lowest BCUT2D eigenvalue weighted by atomic mass is 10.1. The van der Waals surface area contributed by atoms with Crippen LogP contribution in [0.4, 0.5) is 10.5 Å². The highest BCUT2D eigenvalue weighted by molar-refractivity contribution is 5.90. The number of ether oxygens (including phenoxy) is 1. The molecule has 0 atom stereocenters. The van der Waals surface area contributed by atoms with Crippen molar-refractivity contribution in [2.45, 2.75) is 6.42 Å². The van der Waals surface area contributed by atoms with Crippen LogP contribution in [0.3, 0.4) is 0 Å². The first-order chi connectivity index (χ1) is 13.1. The van der Waals surface area contributed by atoms with Crippen molar-refractivity contribution >= 4 is 11.7 Å². The van der Waals surface area contributed by atoms with Gasteiger partial charge < -0.3 is 15.4 Å². The molecule has 7 nitrogen and oxygen atoms in total. The summed E-state index contributed by atoms with van der Waals surface area (Å²) in [6, 6.07) is 17.7. The first-order valence-corrected chi connectivity index (χ1v) is 8.48. The molecule has 3 N–H and O–H groups in total. The van der Waals surface area contributed by atoms with Crippen LogP contribution in [0.1, 0.15) is 5.56 Å². The fraction of sp³-hybridized carbons (Fsp3) is 0.150. The molecule has 27 heavy (non-hydrogen) atoms. The van der Waals surface area contributed by atoms with E-state index < -0.39 is 0 Å². The van der Waals surface area contributed by atoms with Crippen LogP contribution in [0, 0.1) is 0 Å². The summed E-state index contributed by atoms with van der Waals surface area (Å²) in [4.78, 5) is 23.2. The number of H-pyrrole nitrogens is 1. The number of benzene rings is 2. The smallest absolute Gasteiger partial charge is 0.319 e. The van der Waals surface area contributed by atoms with Gasteiger partial charge in [0.2, 0.25) is 0 Å². The van der Waals surface area contributed by atoms with E-state index in [2.05, 4.69) is 20.8 Å². The largest absolute Gasteiger partial charge is 0.497 e. The predicted molar refractivity (Wildman–Crippen MR) is 104 cm³/mol. The zero-order valence-corrected chi connectivity index (χ0v) is 14.9. The molecule has 2 amide bonds. The van der Waals surface area contributed by atoms with E-state index in [0.717, 1.165) is 23.3 Å². The second-order valence-corrected chi connectivity index (χ2v) is 5.87. The van der Waals surface area contributed by atoms with Gasteiger partial charge in [-0.2, -0.15) is 5.10 Å². The minimum atomic E-state index is -0.282. The number of carbonyl (C=O) groups excluding carboxylic acids is 1. The number of methoxy groups -OCH3 is 1. The molecule has 0 saturated carbocycles. The predicted octanol–water partition coefficient (Wildman–Crippen LogP) is 2.81. The molecule has 7 heteroatoms. The fourth-order valence-electron chi connectivity index (χ4n) is 2.55. The van der Waals surface area contributed by atoms with Crippen molar-refractivity contribution in [3.63, 3.8) is 0 Å². The highest BCUT2D eigenvalue weighted by Gasteiger charge is 2.05. The topological polar surface area (TPSA) is 96.1 Å². The van der Waals surface area contributed by atoms with Crippen molar-refractivity contribution in [2.75, 3.05) is 19.0 Å². The molecule has 2 aromatic carbocycles. The summed E-state index contributed by atoms with van der Waals surface area (Å²) in [5, 5.41) is 12.0. The molecule has 0 unspecified atom stereocenters. The summed E-state index contributed by atoms with van der Waals surface area (Å²) in [6.07, 6.45) is 0.721. The second-order valence-electron chi connectivity index (χ2n) is 5.87. The van der Waals surface area contributed by atoms with Crippen LogP contribution in [0.25, 0.3) is 11.3 Å². The molecule has 0 aliphatic heterocycles. The average molecular weight is 364 g/mol. The molecule has 1 heterocycles. The van der Waals surface area contributed by atoms with Crippen LogP contribution in [0.15, 0.2) is 65.5 Å². The maximum atomic E-state index is 12.1. The lowest BCUT2D eigenvalue weighted by molar-refractivity contribution is 0.252. The SMILES string of the molecule is COc1ccc(CCNC(=O)Nc2cccc(-c3ccc(=O)[nH]n3)c2)cc1. The van der Waals surface area contributed by atoms with Gasteiger partial charge in [-0.1, -0.05) is 24.3 Å². The number of rotatable bonds is 6. The lowest BCUT2D eigenvalue weighted by Crippen LogP contribution is -2.30. The second kappa shape index (κ2) is 8.66. The van der Waals surface area contributed by atoms with Gasteiger partial charge in [0.15, 0.2) is 0 Å². The number of carbonyl (C=O) groups is 1. The summed E-state index contributed by atoms with van der Waals surface area (Å²) in [7, 11) is 1.63. The van der Waals surface area contributed by atoms with Crippen molar-refractivity contribution in [1.29, 1.82) is 0 Å². The van der Waals surface area contributed by atoms with Gasteiger partial charge in [0.05, 0.1) is 12.8 Å². The summed E-state index contributed by atoms with van der Waals surface area (Å²) >= 11 is 0. The van der Waals surface area contributed by atoms with E-state index in [9.17, 15) is 9.59 Å². The lowest BCUT2D eigenvalue weighted by Gasteiger charge is -2.09. The van der Waals surface area contributed by atoms with Gasteiger partial charge in [0, 0.05) is 23.9 Å². The zero-order valence-electron chi connectivity index (χ0n) is 14.9. The van der Waals surface area contributed by atoms with Crippen molar-refractivity contribution < 1.29 is 9.53 Å². The van der Waals surface area contributed by atoms with E-state index in [1.165, 1.54) is 6.07 Å². The molecule has 0 aliphatic carbocycles. The van der Waals surface area contributed by atoms with Crippen LogP contribution in [-0.4, -0.2) is 29.9 Å². The minimum absolute atomic E-state index is 0.260. The van der Waals surface area contributed by atoms with Gasteiger partial charge >= 0.3 is 6.03 Å². The summed E-state index contributed by atoms with van der Waals surface area (Å²) in [6.45, 7) is 0.513. The molecule has 0 aliphatic rings. The molecule has 3 rings (SSSR count). The van der Waals surface area contributed by atoms with Crippen LogP contribution in [-0.2, 0) is 6.42 Å². The Hall–Kier alpha value is -3.61. The minimum Gasteiger partial charge on any atom is -0.497 e. The van der Waals surface area contributed by atoms with E-state index in [4.69, 9.17) is 4.74 Å². The number of urea groups is 1. The molecule has 1 aromatic heterocycles. The van der Waals surface area contributed by atoms with Gasteiger partial charge in [-0.05, 0) is 42.3 Å². The monoisotopic (exact) mass is 364 g/mol. The van der Waals surface area contributed by atoms with Crippen LogP contribution in [0.2, 0.25) is 0 Å². The Morgan fingerprint density at radius 2 is 1.93 bits per heavy atom. The standard InChI is InChI=1S/C20H20N4O3/c1-27-17-7-5-14(6-8-17)11-12-21-20(26)22-16-4-2-3-15(13-16)18-9-10-19(25)24-23-18/h2-10,13H,11-12H2,1H3,(H,24,25)(H2,21,22,26). The molecular formula is C20H20N4O3. The Labute approximate surface area is 156 Å². The maximum absolute atomic E-state index is 12.1. The number of aromatic nitrogens is 2. The number of amides is 2. The van der Waals surface area contributed by atoms with Crippen molar-refractivity contribution in [3.8, 4) is 17.0 Å². The van der Waals surface area contributed by atoms with E-state index in [0.29, 0.717) is 17.9 Å². The molecule has 138 valence electrons. The number of nitrogens with zero attached hydrogens (tertiary/aromatic N) is 1. The molecule has 0 radical (unpaired) electrons. The molecule has 3 aromatic rings. The summed E-state index contributed by atoms with van der Waals surface area (Å²) < 4.78 is 5.12. The Morgan fingerprint density at radius 1 is 1.11 bits per heavy atom. The van der Waals surface area contributed by atoms with Gasteiger partial charge in [0.25, 0.3) is 5.56 Å².